The number of nitrogens with zero attached hydrogens (tertiary/aromatic N) is 3. The van der Waals surface area contributed by atoms with Gasteiger partial charge in [0.05, 0.1) is 12.0 Å². The molecule has 3 rings (SSSR count). The summed E-state index contributed by atoms with van der Waals surface area (Å²) in [5, 5.41) is 1.31. The molecule has 2 heterocycles. The van der Waals surface area contributed by atoms with Crippen LogP contribution in [0.2, 0.25) is 0 Å². The number of hydrogen-bond donors (Lipinski definition) is 1. The monoisotopic (exact) mass is 450 g/mol. The second kappa shape index (κ2) is 7.57. The molecule has 1 saturated heterocycles. The van der Waals surface area contributed by atoms with E-state index in [-0.39, 0.29) is 12.3 Å². The van der Waals surface area contributed by atoms with Crippen molar-refractivity contribution in [1.82, 2.24) is 14.9 Å². The van der Waals surface area contributed by atoms with Gasteiger partial charge in [0.1, 0.15) is 0 Å². The molecule has 2 N–H and O–H groups in total. The molecule has 1 fully saturated rings. The molecular weight excluding hydrogens is 431 g/mol. The highest BCUT2D eigenvalue weighted by Gasteiger charge is 2.48. The van der Waals surface area contributed by atoms with Crippen LogP contribution in [-0.2, 0) is 20.0 Å². The number of pyridine rings is 1. The lowest BCUT2D eigenvalue weighted by molar-refractivity contribution is -0.268. The number of aromatic nitrogens is 1. The second-order valence-corrected chi connectivity index (χ2v) is 7.77. The summed E-state index contributed by atoms with van der Waals surface area (Å²) in [5.74, 6) is -1.36. The van der Waals surface area contributed by atoms with Crippen LogP contribution in [-0.4, -0.2) is 40.2 Å². The average Bonchev–Trinajstić information content (AvgIpc) is 2.65. The molecule has 1 aromatic heterocycles. The second-order valence-electron chi connectivity index (χ2n) is 6.85. The number of rotatable bonds is 3. The van der Waals surface area contributed by atoms with Crippen LogP contribution in [0, 0.1) is 5.95 Å². The van der Waals surface area contributed by atoms with Crippen LogP contribution in [0.25, 0.3) is 11.1 Å². The molecule has 2 atom stereocenters. The maximum Gasteiger partial charge on any atom is 0.322 e. The van der Waals surface area contributed by atoms with Gasteiger partial charge in [0.2, 0.25) is 11.9 Å². The van der Waals surface area contributed by atoms with Crippen LogP contribution < -0.4 is 5.73 Å². The summed E-state index contributed by atoms with van der Waals surface area (Å²) >= 11 is 3.30. The van der Waals surface area contributed by atoms with E-state index in [0.717, 1.165) is 0 Å². The Bertz CT molecular complexity index is 941. The number of hydrogen-bond acceptors (Lipinski definition) is 6. The van der Waals surface area contributed by atoms with E-state index in [1.807, 2.05) is 0 Å². The van der Waals surface area contributed by atoms with E-state index in [1.54, 1.807) is 44.3 Å². The number of carbonyl (C=O) groups excluding carboxylic acids is 2. The van der Waals surface area contributed by atoms with Crippen molar-refractivity contribution in [2.75, 3.05) is 7.05 Å². The zero-order valence-electron chi connectivity index (χ0n) is 15.6. The first-order valence-electron chi connectivity index (χ1n) is 8.54. The highest BCUT2D eigenvalue weighted by molar-refractivity contribution is 9.10. The van der Waals surface area contributed by atoms with Gasteiger partial charge in [-0.25, -0.2) is 4.98 Å². The molecule has 2 aromatic rings. The molecule has 28 heavy (non-hydrogen) atoms. The van der Waals surface area contributed by atoms with Crippen molar-refractivity contribution in [3.63, 3.8) is 0 Å². The van der Waals surface area contributed by atoms with Gasteiger partial charge >= 0.3 is 5.97 Å². The molecule has 1 aliphatic rings. The van der Waals surface area contributed by atoms with Gasteiger partial charge in [-0.3, -0.25) is 15.3 Å². The Kier molecular flexibility index (Phi) is 5.51. The molecular formula is C19H20BrFN4O3. The predicted molar refractivity (Wildman–Crippen MR) is 104 cm³/mol. The van der Waals surface area contributed by atoms with E-state index in [9.17, 15) is 14.0 Å². The maximum atomic E-state index is 14.3. The molecule has 0 bridgehead atoms. The first kappa shape index (κ1) is 20.4. The fraction of sp³-hybridized carbons (Fsp3) is 0.316. The zero-order chi connectivity index (χ0) is 20.6. The van der Waals surface area contributed by atoms with Crippen LogP contribution in [0.4, 0.5) is 4.39 Å². The smallest absolute Gasteiger partial charge is 0.322 e. The molecule has 0 aliphatic carbocycles. The summed E-state index contributed by atoms with van der Waals surface area (Å²) < 4.78 is 14.9. The van der Waals surface area contributed by atoms with Crippen LogP contribution in [0.15, 0.2) is 41.0 Å². The fourth-order valence-corrected chi connectivity index (χ4v) is 3.59. The largest absolute Gasteiger partial charge is 0.364 e. The summed E-state index contributed by atoms with van der Waals surface area (Å²) in [6, 6.07) is 8.64. The Morgan fingerprint density at radius 3 is 2.82 bits per heavy atom. The average molecular weight is 451 g/mol. The standard InChI is InChI=1S/C19H20BrFN4O3/c1-11(26)28-25-18(22)24(3)16(27)9-19(25,2)13-6-4-5-12(7-13)15-8-14(20)10-23-17(15)21/h4-8,10,18H,9,22H2,1-3H3. The Morgan fingerprint density at radius 1 is 1.43 bits per heavy atom. The van der Waals surface area contributed by atoms with Crippen LogP contribution in [0.1, 0.15) is 25.8 Å². The van der Waals surface area contributed by atoms with Crippen LogP contribution in [0.5, 0.6) is 0 Å². The first-order chi connectivity index (χ1) is 13.1. The Balaban J connectivity index is 2.10. The Labute approximate surface area is 170 Å². The maximum absolute atomic E-state index is 14.3. The number of halogens is 2. The number of carbonyl (C=O) groups is 2. The Morgan fingerprint density at radius 2 is 2.14 bits per heavy atom. The van der Waals surface area contributed by atoms with Crippen LogP contribution >= 0.6 is 15.9 Å². The third-order valence-electron chi connectivity index (χ3n) is 4.84. The Hall–Kier alpha value is -2.36. The highest BCUT2D eigenvalue weighted by atomic mass is 79.9. The van der Waals surface area contributed by atoms with Crippen molar-refractivity contribution < 1.29 is 18.8 Å². The van der Waals surface area contributed by atoms with Gasteiger partial charge in [0, 0.05) is 30.2 Å². The van der Waals surface area contributed by atoms with Gasteiger partial charge in [0.15, 0.2) is 6.29 Å². The molecule has 148 valence electrons. The summed E-state index contributed by atoms with van der Waals surface area (Å²) in [6.45, 7) is 3.03. The molecule has 0 radical (unpaired) electrons. The molecule has 1 amide bonds. The first-order valence-corrected chi connectivity index (χ1v) is 9.34. The topological polar surface area (TPSA) is 88.8 Å². The van der Waals surface area contributed by atoms with E-state index in [1.165, 1.54) is 23.1 Å². The molecule has 0 spiro atoms. The molecule has 1 aromatic carbocycles. The van der Waals surface area contributed by atoms with Crippen LogP contribution in [0.3, 0.4) is 0 Å². The number of benzene rings is 1. The lowest BCUT2D eigenvalue weighted by Crippen LogP contribution is -2.66. The van der Waals surface area contributed by atoms with Crippen molar-refractivity contribution >= 4 is 27.8 Å². The molecule has 1 aliphatic heterocycles. The minimum Gasteiger partial charge on any atom is -0.364 e. The van der Waals surface area contributed by atoms with Crippen molar-refractivity contribution in [3.05, 3.63) is 52.5 Å². The van der Waals surface area contributed by atoms with Crippen molar-refractivity contribution in [2.24, 2.45) is 5.73 Å². The predicted octanol–water partition coefficient (Wildman–Crippen LogP) is 2.75. The molecule has 9 heteroatoms. The third-order valence-corrected chi connectivity index (χ3v) is 5.27. The number of hydroxylamine groups is 2. The lowest BCUT2D eigenvalue weighted by Gasteiger charge is -2.49. The minimum atomic E-state index is -1.03. The molecule has 7 nitrogen and oxygen atoms in total. The zero-order valence-corrected chi connectivity index (χ0v) is 17.2. The van der Waals surface area contributed by atoms with Gasteiger partial charge in [0.25, 0.3) is 0 Å². The van der Waals surface area contributed by atoms with Gasteiger partial charge in [-0.15, -0.1) is 0 Å². The fourth-order valence-electron chi connectivity index (χ4n) is 3.26. The highest BCUT2D eigenvalue weighted by Crippen LogP contribution is 2.39. The summed E-state index contributed by atoms with van der Waals surface area (Å²) in [6.07, 6.45) is 0.455. The quantitative estimate of drug-likeness (QED) is 0.723. The normalized spacial score (nSPS) is 23.0. The van der Waals surface area contributed by atoms with E-state index in [2.05, 4.69) is 20.9 Å². The van der Waals surface area contributed by atoms with Gasteiger partial charge in [-0.1, -0.05) is 23.3 Å². The van der Waals surface area contributed by atoms with Gasteiger partial charge < -0.3 is 9.74 Å². The number of nitrogens with two attached hydrogens (primary N) is 1. The van der Waals surface area contributed by atoms with Gasteiger partial charge in [-0.2, -0.15) is 4.39 Å². The summed E-state index contributed by atoms with van der Waals surface area (Å²) in [4.78, 5) is 34.5. The SMILES string of the molecule is CC(=O)ON1C(N)N(C)C(=O)CC1(C)c1cccc(-c2cc(Br)cnc2F)c1. The summed E-state index contributed by atoms with van der Waals surface area (Å²) in [7, 11) is 1.54. The van der Waals surface area contributed by atoms with E-state index in [0.29, 0.717) is 21.2 Å². The van der Waals surface area contributed by atoms with Gasteiger partial charge in [-0.05, 0) is 46.1 Å². The van der Waals surface area contributed by atoms with E-state index in [4.69, 9.17) is 10.6 Å². The van der Waals surface area contributed by atoms with Crippen molar-refractivity contribution in [2.45, 2.75) is 32.1 Å². The lowest BCUT2D eigenvalue weighted by atomic mass is 9.84. The van der Waals surface area contributed by atoms with Crippen molar-refractivity contribution in [1.29, 1.82) is 0 Å². The third kappa shape index (κ3) is 3.65. The van der Waals surface area contributed by atoms with E-state index >= 15 is 0 Å². The molecule has 2 unspecified atom stereocenters. The number of amides is 1. The summed E-state index contributed by atoms with van der Waals surface area (Å²) in [5.41, 5.74) is 6.66. The van der Waals surface area contributed by atoms with Crippen molar-refractivity contribution in [3.8, 4) is 11.1 Å². The molecule has 0 saturated carbocycles. The minimum absolute atomic E-state index is 0.0349. The van der Waals surface area contributed by atoms with E-state index < -0.39 is 23.7 Å².